The number of ether oxygens (including phenoxy) is 2. The lowest BCUT2D eigenvalue weighted by Crippen LogP contribution is -2.53. The Labute approximate surface area is 198 Å². The van der Waals surface area contributed by atoms with Gasteiger partial charge in [0.25, 0.3) is 21.9 Å². The number of methoxy groups -OCH3 is 2. The summed E-state index contributed by atoms with van der Waals surface area (Å²) in [4.78, 5) is 25.6. The van der Waals surface area contributed by atoms with E-state index in [2.05, 4.69) is 20.3 Å². The lowest BCUT2D eigenvalue weighted by molar-refractivity contribution is -0.218. The molecule has 0 fully saturated rings. The van der Waals surface area contributed by atoms with E-state index in [1.165, 1.54) is 14.2 Å². The van der Waals surface area contributed by atoms with Crippen LogP contribution in [0.15, 0.2) is 78.2 Å². The molecule has 0 atom stereocenters. The van der Waals surface area contributed by atoms with Crippen LogP contribution in [-0.2, 0) is 26.0 Å². The summed E-state index contributed by atoms with van der Waals surface area (Å²) in [6.45, 7) is 0. The van der Waals surface area contributed by atoms with Crippen molar-refractivity contribution in [2.45, 2.75) is 12.3 Å². The van der Waals surface area contributed by atoms with E-state index in [4.69, 9.17) is 14.0 Å². The molecule has 0 saturated heterocycles. The van der Waals surface area contributed by atoms with Crippen LogP contribution in [0.25, 0.3) is 0 Å². The predicted octanol–water partition coefficient (Wildman–Crippen LogP) is 2.65. The van der Waals surface area contributed by atoms with Crippen LogP contribution in [0.4, 0.5) is 5.82 Å². The van der Waals surface area contributed by atoms with Crippen LogP contribution >= 0.6 is 0 Å². The number of carbonyl (C=O) groups is 1. The largest absolute Gasteiger partial charge is 0.336 e. The standard InChI is InChI=1S/C22H22N4O3.CH4O3S/c1-28-22(29-2,15-17-7-4-3-5-8-17)26-21(27)19-9-6-12-24-20(19)25-16-18-10-13-23-14-11-18;1-5(2,3)4/h3-14,16H,15H2,1-2H3,(H,26,27);1H3,(H,2,3,4). The summed E-state index contributed by atoms with van der Waals surface area (Å²) in [5.74, 6) is -1.43. The van der Waals surface area contributed by atoms with E-state index < -0.39 is 21.9 Å². The van der Waals surface area contributed by atoms with E-state index >= 15 is 0 Å². The van der Waals surface area contributed by atoms with Crippen molar-refractivity contribution in [3.05, 3.63) is 89.9 Å². The Hall–Kier alpha value is -3.51. The molecule has 0 bridgehead atoms. The third-order valence-electron chi connectivity index (χ3n) is 4.32. The first-order chi connectivity index (χ1) is 16.2. The Morgan fingerprint density at radius 2 is 1.68 bits per heavy atom. The molecular formula is C23H26N4O6S. The average Bonchev–Trinajstić information content (AvgIpc) is 2.82. The zero-order valence-corrected chi connectivity index (χ0v) is 19.8. The number of amides is 1. The molecule has 0 spiro atoms. The van der Waals surface area contributed by atoms with Gasteiger partial charge >= 0.3 is 0 Å². The molecule has 0 unspecified atom stereocenters. The van der Waals surface area contributed by atoms with Gasteiger partial charge in [0.2, 0.25) is 0 Å². The SMILES string of the molecule is COC(Cc1ccccc1)(NC(=O)c1cccnc1N=Cc1ccncc1)OC.CS(=O)(=O)O. The maximum absolute atomic E-state index is 13.0. The zero-order valence-electron chi connectivity index (χ0n) is 19.0. The van der Waals surface area contributed by atoms with Gasteiger partial charge in [-0.2, -0.15) is 8.42 Å². The molecule has 2 N–H and O–H groups in total. The molecule has 1 aromatic carbocycles. The number of nitrogens with one attached hydrogen (secondary N) is 1. The smallest absolute Gasteiger partial charge is 0.261 e. The Morgan fingerprint density at radius 1 is 1.06 bits per heavy atom. The molecule has 34 heavy (non-hydrogen) atoms. The fourth-order valence-electron chi connectivity index (χ4n) is 2.74. The molecule has 180 valence electrons. The van der Waals surface area contributed by atoms with Crippen LogP contribution in [0.3, 0.4) is 0 Å². The van der Waals surface area contributed by atoms with E-state index in [1.54, 1.807) is 36.9 Å². The molecule has 10 nitrogen and oxygen atoms in total. The van der Waals surface area contributed by atoms with Crippen LogP contribution in [0.5, 0.6) is 0 Å². The Balaban J connectivity index is 0.000000739. The molecule has 0 radical (unpaired) electrons. The molecule has 3 rings (SSSR count). The maximum Gasteiger partial charge on any atom is 0.261 e. The van der Waals surface area contributed by atoms with Gasteiger partial charge in [-0.1, -0.05) is 30.3 Å². The number of rotatable bonds is 8. The number of hydrogen-bond acceptors (Lipinski definition) is 8. The molecule has 0 aliphatic carbocycles. The van der Waals surface area contributed by atoms with Gasteiger partial charge in [-0.25, -0.2) is 9.98 Å². The summed E-state index contributed by atoms with van der Waals surface area (Å²) in [6, 6.07) is 16.6. The fourth-order valence-corrected chi connectivity index (χ4v) is 2.74. The second kappa shape index (κ2) is 12.7. The summed E-state index contributed by atoms with van der Waals surface area (Å²) in [6.07, 6.45) is 7.60. The topological polar surface area (TPSA) is 140 Å². The lowest BCUT2D eigenvalue weighted by atomic mass is 10.1. The van der Waals surface area contributed by atoms with Crippen molar-refractivity contribution in [3.8, 4) is 0 Å². The highest BCUT2D eigenvalue weighted by Crippen LogP contribution is 2.20. The summed E-state index contributed by atoms with van der Waals surface area (Å²) in [5.41, 5.74) is 2.12. The van der Waals surface area contributed by atoms with E-state index in [1.807, 2.05) is 42.5 Å². The first kappa shape index (κ1) is 26.7. The number of aromatic nitrogens is 2. The molecule has 0 aliphatic heterocycles. The quantitative estimate of drug-likeness (QED) is 0.281. The van der Waals surface area contributed by atoms with E-state index in [0.717, 1.165) is 11.1 Å². The second-order valence-corrected chi connectivity index (χ2v) is 8.39. The highest BCUT2D eigenvalue weighted by atomic mass is 32.2. The maximum atomic E-state index is 13.0. The number of hydrogen-bond donors (Lipinski definition) is 2. The van der Waals surface area contributed by atoms with Gasteiger partial charge in [-0.15, -0.1) is 0 Å². The zero-order chi connectivity index (χ0) is 25.0. The molecule has 0 aliphatic rings. The molecule has 11 heteroatoms. The Kier molecular flexibility index (Phi) is 9.95. The molecule has 2 heterocycles. The van der Waals surface area contributed by atoms with Crippen molar-refractivity contribution in [2.75, 3.05) is 20.5 Å². The van der Waals surface area contributed by atoms with Gasteiger partial charge in [0.05, 0.1) is 11.8 Å². The highest BCUT2D eigenvalue weighted by Gasteiger charge is 2.33. The van der Waals surface area contributed by atoms with Crippen molar-refractivity contribution in [1.82, 2.24) is 15.3 Å². The fraction of sp³-hybridized carbons (Fsp3) is 0.217. The van der Waals surface area contributed by atoms with Crippen LogP contribution in [0.1, 0.15) is 21.5 Å². The van der Waals surface area contributed by atoms with Gasteiger partial charge in [0.1, 0.15) is 0 Å². The number of nitrogens with zero attached hydrogens (tertiary/aromatic N) is 3. The van der Waals surface area contributed by atoms with Crippen LogP contribution in [0, 0.1) is 0 Å². The minimum atomic E-state index is -3.67. The molecular weight excluding hydrogens is 460 g/mol. The van der Waals surface area contributed by atoms with Crippen molar-refractivity contribution in [1.29, 1.82) is 0 Å². The summed E-state index contributed by atoms with van der Waals surface area (Å²) in [7, 11) is -0.697. The minimum Gasteiger partial charge on any atom is -0.336 e. The van der Waals surface area contributed by atoms with Gasteiger partial charge in [0.15, 0.2) is 5.82 Å². The van der Waals surface area contributed by atoms with Crippen LogP contribution < -0.4 is 5.32 Å². The summed E-state index contributed by atoms with van der Waals surface area (Å²) in [5, 5.41) is 2.83. The number of benzene rings is 1. The molecule has 0 saturated carbocycles. The summed E-state index contributed by atoms with van der Waals surface area (Å²) >= 11 is 0. The Bertz CT molecular complexity index is 1180. The van der Waals surface area contributed by atoms with E-state index in [9.17, 15) is 13.2 Å². The highest BCUT2D eigenvalue weighted by molar-refractivity contribution is 7.85. The van der Waals surface area contributed by atoms with Crippen molar-refractivity contribution in [3.63, 3.8) is 0 Å². The van der Waals surface area contributed by atoms with Crippen molar-refractivity contribution in [2.24, 2.45) is 4.99 Å². The average molecular weight is 487 g/mol. The molecule has 1 amide bonds. The third-order valence-corrected chi connectivity index (χ3v) is 4.32. The normalized spacial score (nSPS) is 11.5. The van der Waals surface area contributed by atoms with E-state index in [0.29, 0.717) is 24.1 Å². The molecule has 3 aromatic rings. The van der Waals surface area contributed by atoms with Crippen LogP contribution in [0.2, 0.25) is 0 Å². The third kappa shape index (κ3) is 9.16. The molecule has 2 aromatic heterocycles. The lowest BCUT2D eigenvalue weighted by Gasteiger charge is -2.31. The second-order valence-electron chi connectivity index (χ2n) is 6.92. The van der Waals surface area contributed by atoms with Gasteiger partial charge in [0, 0.05) is 45.4 Å². The predicted molar refractivity (Wildman–Crippen MR) is 128 cm³/mol. The van der Waals surface area contributed by atoms with E-state index in [-0.39, 0.29) is 0 Å². The monoisotopic (exact) mass is 486 g/mol. The summed E-state index contributed by atoms with van der Waals surface area (Å²) < 4.78 is 36.9. The number of aliphatic imine (C=N–C) groups is 1. The van der Waals surface area contributed by atoms with Gasteiger partial charge in [-0.3, -0.25) is 14.3 Å². The van der Waals surface area contributed by atoms with Crippen LogP contribution in [-0.4, -0.2) is 61.4 Å². The minimum absolute atomic E-state index is 0.294. The first-order valence-electron chi connectivity index (χ1n) is 9.94. The first-order valence-corrected chi connectivity index (χ1v) is 11.8. The Morgan fingerprint density at radius 3 is 2.26 bits per heavy atom. The van der Waals surface area contributed by atoms with Crippen molar-refractivity contribution < 1.29 is 27.2 Å². The van der Waals surface area contributed by atoms with Gasteiger partial charge < -0.3 is 14.8 Å². The number of carbonyl (C=O) groups excluding carboxylic acids is 1. The van der Waals surface area contributed by atoms with Gasteiger partial charge in [-0.05, 0) is 35.4 Å². The number of pyridine rings is 2. The van der Waals surface area contributed by atoms with Crippen molar-refractivity contribution >= 4 is 28.1 Å².